The van der Waals surface area contributed by atoms with Gasteiger partial charge in [0.15, 0.2) is 0 Å². The van der Waals surface area contributed by atoms with E-state index in [9.17, 15) is 0 Å². The van der Waals surface area contributed by atoms with E-state index < -0.39 is 0 Å². The fourth-order valence-electron chi connectivity index (χ4n) is 1.58. The first-order valence-corrected chi connectivity index (χ1v) is 4.15. The minimum absolute atomic E-state index is 0.644. The van der Waals surface area contributed by atoms with E-state index in [1.54, 1.807) is 0 Å². The van der Waals surface area contributed by atoms with Crippen LogP contribution in [0, 0.1) is 11.8 Å². The predicted octanol–water partition coefficient (Wildman–Crippen LogP) is 2.86. The maximum absolute atomic E-state index is 2.26. The molecule has 0 N–H and O–H groups in total. The lowest BCUT2D eigenvalue weighted by molar-refractivity contribution is 0.636. The van der Waals surface area contributed by atoms with Crippen molar-refractivity contribution in [2.75, 3.05) is 0 Å². The summed E-state index contributed by atoms with van der Waals surface area (Å²) in [4.78, 5) is 0. The molecule has 0 fully saturated rings. The minimum atomic E-state index is 0.644. The first kappa shape index (κ1) is 6.66. The molecule has 0 saturated heterocycles. The largest absolute Gasteiger partial charge is 0.0776 e. The highest BCUT2D eigenvalue weighted by atomic mass is 14.1. The maximum Gasteiger partial charge on any atom is -0.00387 e. The molecule has 0 aromatic rings. The molecule has 11 heavy (non-hydrogen) atoms. The van der Waals surface area contributed by atoms with Crippen LogP contribution in [0.4, 0.5) is 0 Å². The molecule has 0 amide bonds. The first-order valence-electron chi connectivity index (χ1n) is 4.15. The second kappa shape index (κ2) is 2.91. The summed E-state index contributed by atoms with van der Waals surface area (Å²) in [6.07, 6.45) is 18.9. The van der Waals surface area contributed by atoms with Crippen molar-refractivity contribution in [1.82, 2.24) is 0 Å². The molecule has 0 spiro atoms. The maximum atomic E-state index is 2.26. The molecule has 0 aromatic carbocycles. The average molecular weight is 144 g/mol. The lowest BCUT2D eigenvalue weighted by atomic mass is 9.97. The van der Waals surface area contributed by atoms with Gasteiger partial charge in [-0.05, 0) is 18.3 Å². The smallest absolute Gasteiger partial charge is 0.00387 e. The Morgan fingerprint density at radius 2 is 1.00 bits per heavy atom. The fraction of sp³-hybridized carbons (Fsp3) is 0.273. The van der Waals surface area contributed by atoms with Crippen molar-refractivity contribution >= 4 is 0 Å². The zero-order chi connectivity index (χ0) is 7.52. The van der Waals surface area contributed by atoms with E-state index in [4.69, 9.17) is 0 Å². The lowest BCUT2D eigenvalue weighted by Gasteiger charge is -2.07. The molecule has 2 aliphatic rings. The van der Waals surface area contributed by atoms with Crippen molar-refractivity contribution < 1.29 is 0 Å². The summed E-state index contributed by atoms with van der Waals surface area (Å²) in [6, 6.07) is 0. The Morgan fingerprint density at radius 1 is 0.636 bits per heavy atom. The highest BCUT2D eigenvalue weighted by Gasteiger charge is 2.10. The standard InChI is InChI=1S/C11H12/c1-2-6-11-8-4-3-7-10(5-1)9-11/h1-8,10-11H,9H2. The van der Waals surface area contributed by atoms with Crippen molar-refractivity contribution in [3.63, 3.8) is 0 Å². The van der Waals surface area contributed by atoms with E-state index >= 15 is 0 Å². The van der Waals surface area contributed by atoms with E-state index in [0.717, 1.165) is 0 Å². The number of rotatable bonds is 0. The second-order valence-electron chi connectivity index (χ2n) is 3.10. The number of allylic oxidation sites excluding steroid dienone is 8. The molecule has 2 bridgehead atoms. The van der Waals surface area contributed by atoms with Crippen LogP contribution in [0.1, 0.15) is 6.42 Å². The zero-order valence-corrected chi connectivity index (χ0v) is 6.48. The predicted molar refractivity (Wildman–Crippen MR) is 48.2 cm³/mol. The van der Waals surface area contributed by atoms with Gasteiger partial charge in [0.1, 0.15) is 0 Å². The minimum Gasteiger partial charge on any atom is -0.0776 e. The Kier molecular flexibility index (Phi) is 1.76. The second-order valence-corrected chi connectivity index (χ2v) is 3.10. The van der Waals surface area contributed by atoms with Gasteiger partial charge in [-0.2, -0.15) is 0 Å². The molecule has 0 unspecified atom stereocenters. The van der Waals surface area contributed by atoms with Crippen LogP contribution in [0.25, 0.3) is 0 Å². The Bertz CT molecular complexity index is 191. The Labute approximate surface area is 67.6 Å². The van der Waals surface area contributed by atoms with Gasteiger partial charge in [-0.1, -0.05) is 48.6 Å². The van der Waals surface area contributed by atoms with Gasteiger partial charge in [-0.3, -0.25) is 0 Å². The summed E-state index contributed by atoms with van der Waals surface area (Å²) in [6.45, 7) is 0. The van der Waals surface area contributed by atoms with Gasteiger partial charge in [0.25, 0.3) is 0 Å². The fourth-order valence-corrected chi connectivity index (χ4v) is 1.58. The van der Waals surface area contributed by atoms with Crippen LogP contribution in [-0.2, 0) is 0 Å². The molecule has 0 heterocycles. The van der Waals surface area contributed by atoms with Gasteiger partial charge in [0.05, 0.1) is 0 Å². The molecule has 0 atom stereocenters. The van der Waals surface area contributed by atoms with Crippen LogP contribution >= 0.6 is 0 Å². The summed E-state index contributed by atoms with van der Waals surface area (Å²) in [5, 5.41) is 0. The van der Waals surface area contributed by atoms with Gasteiger partial charge < -0.3 is 0 Å². The number of hydrogen-bond donors (Lipinski definition) is 0. The topological polar surface area (TPSA) is 0 Å². The molecule has 0 nitrogen and oxygen atoms in total. The Hall–Kier alpha value is -1.04. The molecular weight excluding hydrogens is 132 g/mol. The monoisotopic (exact) mass is 144 g/mol. The summed E-state index contributed by atoms with van der Waals surface area (Å²) >= 11 is 0. The molecule has 0 heteroatoms. The molecule has 0 saturated carbocycles. The quantitative estimate of drug-likeness (QED) is 0.490. The van der Waals surface area contributed by atoms with Gasteiger partial charge in [-0.25, -0.2) is 0 Å². The van der Waals surface area contributed by atoms with E-state index in [2.05, 4.69) is 48.6 Å². The SMILES string of the molecule is C1=CC2C=CC=CC(C=C1)C2. The highest BCUT2D eigenvalue weighted by molar-refractivity contribution is 5.22. The van der Waals surface area contributed by atoms with Crippen molar-refractivity contribution in [1.29, 1.82) is 0 Å². The van der Waals surface area contributed by atoms with Gasteiger partial charge in [0, 0.05) is 0 Å². The van der Waals surface area contributed by atoms with Crippen LogP contribution in [0.5, 0.6) is 0 Å². The molecule has 2 rings (SSSR count). The highest BCUT2D eigenvalue weighted by Crippen LogP contribution is 2.23. The third kappa shape index (κ3) is 1.51. The normalized spacial score (nSPS) is 33.5. The van der Waals surface area contributed by atoms with Crippen LogP contribution in [0.3, 0.4) is 0 Å². The summed E-state index contributed by atoms with van der Waals surface area (Å²) in [5.74, 6) is 1.29. The number of hydrogen-bond acceptors (Lipinski definition) is 0. The van der Waals surface area contributed by atoms with Crippen molar-refractivity contribution in [2.45, 2.75) is 6.42 Å². The van der Waals surface area contributed by atoms with Crippen LogP contribution in [-0.4, -0.2) is 0 Å². The van der Waals surface area contributed by atoms with Crippen LogP contribution in [0.2, 0.25) is 0 Å². The van der Waals surface area contributed by atoms with Crippen molar-refractivity contribution in [3.05, 3.63) is 48.6 Å². The van der Waals surface area contributed by atoms with Crippen molar-refractivity contribution in [2.24, 2.45) is 11.8 Å². The van der Waals surface area contributed by atoms with Crippen molar-refractivity contribution in [3.8, 4) is 0 Å². The third-order valence-corrected chi connectivity index (χ3v) is 2.20. The van der Waals surface area contributed by atoms with E-state index in [0.29, 0.717) is 11.8 Å². The zero-order valence-electron chi connectivity index (χ0n) is 6.48. The van der Waals surface area contributed by atoms with Gasteiger partial charge in [0.2, 0.25) is 0 Å². The van der Waals surface area contributed by atoms with Gasteiger partial charge in [-0.15, -0.1) is 0 Å². The molecule has 0 radical (unpaired) electrons. The van der Waals surface area contributed by atoms with Crippen LogP contribution < -0.4 is 0 Å². The first-order chi connectivity index (χ1) is 5.45. The van der Waals surface area contributed by atoms with E-state index in [1.165, 1.54) is 6.42 Å². The molecule has 0 aliphatic heterocycles. The van der Waals surface area contributed by atoms with E-state index in [-0.39, 0.29) is 0 Å². The van der Waals surface area contributed by atoms with Crippen LogP contribution in [0.15, 0.2) is 48.6 Å². The van der Waals surface area contributed by atoms with E-state index in [1.807, 2.05) is 0 Å². The number of fused-ring (bicyclic) bond motifs is 2. The average Bonchev–Trinajstić information content (AvgIpc) is 2.36. The Balaban J connectivity index is 2.27. The molecule has 2 aliphatic carbocycles. The third-order valence-electron chi connectivity index (χ3n) is 2.20. The lowest BCUT2D eigenvalue weighted by Crippen LogP contribution is -1.97. The summed E-state index contributed by atoms with van der Waals surface area (Å²) in [5.41, 5.74) is 0. The summed E-state index contributed by atoms with van der Waals surface area (Å²) in [7, 11) is 0. The molecule has 56 valence electrons. The molecule has 0 aromatic heterocycles. The Morgan fingerprint density at radius 3 is 1.36 bits per heavy atom. The molecular formula is C11H12. The summed E-state index contributed by atoms with van der Waals surface area (Å²) < 4.78 is 0. The van der Waals surface area contributed by atoms with Gasteiger partial charge >= 0.3 is 0 Å².